The summed E-state index contributed by atoms with van der Waals surface area (Å²) in [5.74, 6) is 0. The van der Waals surface area contributed by atoms with E-state index in [0.717, 1.165) is 0 Å². The molecule has 5 N–H and O–H groups in total. The Kier molecular flexibility index (Phi) is 3.83. The maximum atomic E-state index is 5.44. The third-order valence-electron chi connectivity index (χ3n) is 2.28. The van der Waals surface area contributed by atoms with E-state index in [1.54, 1.807) is 0 Å². The highest BCUT2D eigenvalue weighted by molar-refractivity contribution is 4.71. The second-order valence-corrected chi connectivity index (χ2v) is 3.38. The van der Waals surface area contributed by atoms with Crippen molar-refractivity contribution in [3.8, 4) is 0 Å². The average Bonchev–Trinajstić information content (AvgIpc) is 2.14. The van der Waals surface area contributed by atoms with Crippen LogP contribution in [0.15, 0.2) is 0 Å². The number of nitrogens with one attached hydrogen (secondary N) is 1. The van der Waals surface area contributed by atoms with E-state index < -0.39 is 0 Å². The highest BCUT2D eigenvalue weighted by Gasteiger charge is 2.12. The second-order valence-electron chi connectivity index (χ2n) is 3.38. The molecule has 0 bridgehead atoms. The van der Waals surface area contributed by atoms with Crippen LogP contribution in [0.1, 0.15) is 38.5 Å². The first-order valence-electron chi connectivity index (χ1n) is 4.56. The molecular formula is C8H19N3. The average molecular weight is 157 g/mol. The predicted octanol–water partition coefficient (Wildman–Crippen LogP) is 0.500. The Morgan fingerprint density at radius 2 is 1.55 bits per heavy atom. The van der Waals surface area contributed by atoms with Crippen LogP contribution >= 0.6 is 0 Å². The fourth-order valence-corrected chi connectivity index (χ4v) is 1.72. The number of nitrogens with two attached hydrogens (primary N) is 2. The van der Waals surface area contributed by atoms with E-state index >= 15 is 0 Å². The van der Waals surface area contributed by atoms with Crippen molar-refractivity contribution in [3.05, 3.63) is 0 Å². The van der Waals surface area contributed by atoms with E-state index in [0.29, 0.717) is 6.04 Å². The quantitative estimate of drug-likeness (QED) is 0.404. The first-order valence-corrected chi connectivity index (χ1v) is 4.56. The van der Waals surface area contributed by atoms with Gasteiger partial charge in [-0.3, -0.25) is 5.32 Å². The molecule has 0 saturated heterocycles. The Balaban J connectivity index is 2.20. The first-order chi connectivity index (χ1) is 5.29. The van der Waals surface area contributed by atoms with Gasteiger partial charge in [0.25, 0.3) is 0 Å². The molecule has 3 heteroatoms. The highest BCUT2D eigenvalue weighted by atomic mass is 15.1. The molecule has 0 unspecified atom stereocenters. The van der Waals surface area contributed by atoms with E-state index in [1.807, 2.05) is 0 Å². The summed E-state index contributed by atoms with van der Waals surface area (Å²) in [5, 5.41) is 3.18. The Morgan fingerprint density at radius 1 is 1.00 bits per heavy atom. The molecule has 1 aliphatic carbocycles. The van der Waals surface area contributed by atoms with Crippen molar-refractivity contribution in [1.29, 1.82) is 0 Å². The Bertz CT molecular complexity index is 95.5. The molecule has 0 heterocycles. The van der Waals surface area contributed by atoms with Crippen molar-refractivity contribution in [3.63, 3.8) is 0 Å². The van der Waals surface area contributed by atoms with Crippen LogP contribution in [0.25, 0.3) is 0 Å². The maximum Gasteiger partial charge on any atom is 0.107 e. The number of hydrogen-bond donors (Lipinski definition) is 3. The van der Waals surface area contributed by atoms with Gasteiger partial charge < -0.3 is 11.5 Å². The van der Waals surface area contributed by atoms with Crippen LogP contribution in [0.3, 0.4) is 0 Å². The zero-order chi connectivity index (χ0) is 8.10. The third-order valence-corrected chi connectivity index (χ3v) is 2.28. The van der Waals surface area contributed by atoms with Gasteiger partial charge in [0.1, 0.15) is 6.29 Å². The topological polar surface area (TPSA) is 64.1 Å². The van der Waals surface area contributed by atoms with E-state index in [1.165, 1.54) is 38.5 Å². The molecule has 11 heavy (non-hydrogen) atoms. The van der Waals surface area contributed by atoms with E-state index in [9.17, 15) is 0 Å². The summed E-state index contributed by atoms with van der Waals surface area (Å²) in [6.45, 7) is 0. The number of hydrogen-bond acceptors (Lipinski definition) is 3. The van der Waals surface area contributed by atoms with Crippen LogP contribution in [0.2, 0.25) is 0 Å². The minimum absolute atomic E-state index is 0.335. The lowest BCUT2D eigenvalue weighted by molar-refractivity contribution is 0.404. The molecule has 0 aromatic rings. The summed E-state index contributed by atoms with van der Waals surface area (Å²) >= 11 is 0. The highest BCUT2D eigenvalue weighted by Crippen LogP contribution is 2.16. The van der Waals surface area contributed by atoms with Crippen LogP contribution < -0.4 is 16.8 Å². The van der Waals surface area contributed by atoms with Crippen LogP contribution in [-0.4, -0.2) is 12.3 Å². The lowest BCUT2D eigenvalue weighted by Crippen LogP contribution is -2.49. The minimum Gasteiger partial charge on any atom is -0.304 e. The maximum absolute atomic E-state index is 5.44. The smallest absolute Gasteiger partial charge is 0.107 e. The summed E-state index contributed by atoms with van der Waals surface area (Å²) in [4.78, 5) is 0. The Hall–Kier alpha value is -0.120. The molecule has 0 radical (unpaired) electrons. The standard InChI is InChI=1S/C8H19N3/c9-8(10)11-7-5-3-1-2-4-6-7/h7-8,11H,1-6,9-10H2. The summed E-state index contributed by atoms with van der Waals surface area (Å²) in [5.41, 5.74) is 10.9. The van der Waals surface area contributed by atoms with Crippen molar-refractivity contribution in [2.75, 3.05) is 0 Å². The van der Waals surface area contributed by atoms with Gasteiger partial charge >= 0.3 is 0 Å². The predicted molar refractivity (Wildman–Crippen MR) is 46.8 cm³/mol. The molecule has 0 aliphatic heterocycles. The summed E-state index contributed by atoms with van der Waals surface area (Å²) in [7, 11) is 0. The van der Waals surface area contributed by atoms with Crippen molar-refractivity contribution >= 4 is 0 Å². The molecule has 0 atom stereocenters. The monoisotopic (exact) mass is 157 g/mol. The largest absolute Gasteiger partial charge is 0.304 e. The van der Waals surface area contributed by atoms with Gasteiger partial charge in [-0.2, -0.15) is 0 Å². The van der Waals surface area contributed by atoms with Gasteiger partial charge in [0.15, 0.2) is 0 Å². The van der Waals surface area contributed by atoms with Crippen LogP contribution in [0.5, 0.6) is 0 Å². The molecule has 1 fully saturated rings. The molecule has 1 saturated carbocycles. The van der Waals surface area contributed by atoms with Crippen molar-refractivity contribution < 1.29 is 0 Å². The fraction of sp³-hybridized carbons (Fsp3) is 1.00. The van der Waals surface area contributed by atoms with Crippen LogP contribution in [-0.2, 0) is 0 Å². The van der Waals surface area contributed by atoms with Gasteiger partial charge in [0.05, 0.1) is 0 Å². The molecule has 66 valence electrons. The minimum atomic E-state index is -0.335. The van der Waals surface area contributed by atoms with Crippen LogP contribution in [0.4, 0.5) is 0 Å². The second kappa shape index (κ2) is 4.70. The van der Waals surface area contributed by atoms with E-state index in [-0.39, 0.29) is 6.29 Å². The van der Waals surface area contributed by atoms with Crippen LogP contribution in [0, 0.1) is 0 Å². The van der Waals surface area contributed by atoms with Gasteiger partial charge in [0.2, 0.25) is 0 Å². The Morgan fingerprint density at radius 3 is 2.00 bits per heavy atom. The van der Waals surface area contributed by atoms with Crippen molar-refractivity contribution in [2.45, 2.75) is 50.9 Å². The SMILES string of the molecule is NC(N)NC1CCCCCC1. The zero-order valence-corrected chi connectivity index (χ0v) is 7.05. The number of rotatable bonds is 2. The van der Waals surface area contributed by atoms with Gasteiger partial charge in [0, 0.05) is 6.04 Å². The summed E-state index contributed by atoms with van der Waals surface area (Å²) < 4.78 is 0. The van der Waals surface area contributed by atoms with E-state index in [2.05, 4.69) is 5.32 Å². The molecular weight excluding hydrogens is 138 g/mol. The first kappa shape index (κ1) is 8.97. The zero-order valence-electron chi connectivity index (χ0n) is 7.05. The lowest BCUT2D eigenvalue weighted by atomic mass is 10.1. The molecule has 0 aromatic carbocycles. The van der Waals surface area contributed by atoms with Crippen molar-refractivity contribution in [1.82, 2.24) is 5.32 Å². The fourth-order valence-electron chi connectivity index (χ4n) is 1.72. The molecule has 0 amide bonds. The van der Waals surface area contributed by atoms with Gasteiger partial charge in [-0.05, 0) is 12.8 Å². The van der Waals surface area contributed by atoms with E-state index in [4.69, 9.17) is 11.5 Å². The third kappa shape index (κ3) is 3.70. The Labute approximate surface area is 68.5 Å². The molecule has 3 nitrogen and oxygen atoms in total. The molecule has 1 rings (SSSR count). The summed E-state index contributed by atoms with van der Waals surface area (Å²) in [6, 6.07) is 0.567. The molecule has 0 aromatic heterocycles. The lowest BCUT2D eigenvalue weighted by Gasteiger charge is -2.18. The molecule has 1 aliphatic rings. The van der Waals surface area contributed by atoms with Crippen molar-refractivity contribution in [2.24, 2.45) is 11.5 Å². The van der Waals surface area contributed by atoms with Gasteiger partial charge in [-0.1, -0.05) is 25.7 Å². The molecule has 0 spiro atoms. The summed E-state index contributed by atoms with van der Waals surface area (Å²) in [6.07, 6.45) is 7.54. The van der Waals surface area contributed by atoms with Gasteiger partial charge in [-0.25, -0.2) is 0 Å². The van der Waals surface area contributed by atoms with Gasteiger partial charge in [-0.15, -0.1) is 0 Å². The normalized spacial score (nSPS) is 22.1.